The number of aliphatic hydroxyl groups is 1. The molecular weight excluding hydrogens is 710 g/mol. The molecule has 21 nitrogen and oxygen atoms in total. The minimum absolute atomic E-state index is 0.0424. The maximum atomic E-state index is 14.2. The first-order chi connectivity index (χ1) is 23.3. The van der Waals surface area contributed by atoms with Crippen molar-refractivity contribution in [1.29, 1.82) is 0 Å². The van der Waals surface area contributed by atoms with Crippen LogP contribution in [0.1, 0.15) is 25.6 Å². The Morgan fingerprint density at radius 1 is 1.08 bits per heavy atom. The molecule has 6 N–H and O–H groups in total. The van der Waals surface area contributed by atoms with Crippen LogP contribution in [0, 0.1) is 5.41 Å². The quantitative estimate of drug-likeness (QED) is 0.210. The van der Waals surface area contributed by atoms with Gasteiger partial charge < -0.3 is 30.6 Å². The van der Waals surface area contributed by atoms with Crippen LogP contribution < -0.4 is 17.0 Å². The monoisotopic (exact) mass is 744 g/mol. The number of H-pyrrole nitrogens is 1. The Bertz CT molecular complexity index is 2050. The van der Waals surface area contributed by atoms with Crippen LogP contribution in [0.5, 0.6) is 0 Å². The Kier molecular flexibility index (Phi) is 8.88. The second kappa shape index (κ2) is 12.6. The smallest absolute Gasteiger partial charge is 0.388 e. The standard InChI is InChI=1S/C25H34N10O11P2S/c1-25-5-11(34-9-30-13-19(26)28-8-29-20(13)34)15(36)18(25)46-48(39,49-4)42-6-12-16(40-2)17(45-47(38,41-3)43-7-25)23(44-12)35-10-31-14-21(35)32-24(27)33-22(14)37/h8-12,15-18,23,36H,5-7H2,1-4H3,(H2,26,28,29)(H3,27,32,33,37)/t11-,12-,15+,16-,17-,18+,23-,25-,47+,48+/m1/s1. The Morgan fingerprint density at radius 2 is 1.84 bits per heavy atom. The maximum absolute atomic E-state index is 14.2. The molecule has 1 saturated carbocycles. The van der Waals surface area contributed by atoms with E-state index in [-0.39, 0.29) is 42.6 Å². The second-order valence-electron chi connectivity index (χ2n) is 12.0. The topological polar surface area (TPSA) is 278 Å². The number of phosphoric acid groups is 1. The van der Waals surface area contributed by atoms with Gasteiger partial charge in [-0.15, -0.1) is 0 Å². The molecular formula is C25H34N10O11P2S. The van der Waals surface area contributed by atoms with Crippen LogP contribution in [0.15, 0.2) is 23.8 Å². The van der Waals surface area contributed by atoms with Gasteiger partial charge in [0.1, 0.15) is 42.4 Å². The van der Waals surface area contributed by atoms with Crippen LogP contribution in [0.2, 0.25) is 0 Å². The van der Waals surface area contributed by atoms with Gasteiger partial charge >= 0.3 is 14.6 Å². The fraction of sp³-hybridized carbons (Fsp3) is 0.600. The number of fused-ring (bicyclic) bond motifs is 5. The summed E-state index contributed by atoms with van der Waals surface area (Å²) in [4.78, 5) is 35.8. The average Bonchev–Trinajstić information content (AvgIpc) is 3.83. The van der Waals surface area contributed by atoms with Crippen molar-refractivity contribution in [3.05, 3.63) is 29.3 Å². The molecule has 0 radical (unpaired) electrons. The molecule has 24 heteroatoms. The minimum atomic E-state index is -4.47. The van der Waals surface area contributed by atoms with Crippen LogP contribution in [-0.2, 0) is 41.2 Å². The second-order valence-corrected chi connectivity index (χ2v) is 17.9. The SMILES string of the molecule is CO[C@H]1[C@H]2O[P@@](=O)(OC)OC[C@@]3(C)C[C@@H](n4cnc5c(N)ncnc54)[C@H](O)[C@@H]3O[P@@](=O)(SC)OC[C@H]1O[C@H]2n1cnc2c(=O)[nH]c(N)nc21. The maximum Gasteiger partial charge on any atom is 0.475 e. The van der Waals surface area contributed by atoms with Crippen molar-refractivity contribution in [3.63, 3.8) is 0 Å². The third kappa shape index (κ3) is 5.87. The van der Waals surface area contributed by atoms with E-state index in [9.17, 15) is 19.0 Å². The lowest BCUT2D eigenvalue weighted by molar-refractivity contribution is -0.0644. The van der Waals surface area contributed by atoms with Gasteiger partial charge in [0.05, 0.1) is 31.9 Å². The number of aliphatic hydroxyl groups excluding tert-OH is 1. The summed E-state index contributed by atoms with van der Waals surface area (Å²) in [6, 6.07) is -0.733. The summed E-state index contributed by atoms with van der Waals surface area (Å²) in [5.41, 5.74) is 10.7. The zero-order valence-corrected chi connectivity index (χ0v) is 29.1. The fourth-order valence-corrected chi connectivity index (χ4v) is 10.1. The van der Waals surface area contributed by atoms with Crippen molar-refractivity contribution >= 4 is 60.1 Å². The summed E-state index contributed by atoms with van der Waals surface area (Å²) in [6.45, 7) is -3.06. The van der Waals surface area contributed by atoms with Crippen molar-refractivity contribution in [2.45, 2.75) is 56.1 Å². The number of nitrogens with one attached hydrogen (secondary N) is 1. The summed E-state index contributed by atoms with van der Waals surface area (Å²) in [7, 11) is -1.95. The molecule has 10 atom stereocenters. The molecule has 2 aliphatic heterocycles. The lowest BCUT2D eigenvalue weighted by atomic mass is 9.87. The summed E-state index contributed by atoms with van der Waals surface area (Å²) in [6.07, 6.45) is -1.24. The van der Waals surface area contributed by atoms with Gasteiger partial charge in [-0.1, -0.05) is 6.92 Å². The number of imidazole rings is 2. The van der Waals surface area contributed by atoms with Crippen molar-refractivity contribution < 1.29 is 46.3 Å². The lowest BCUT2D eigenvalue weighted by Crippen LogP contribution is -2.39. The number of hydrogen-bond donors (Lipinski definition) is 4. The molecule has 1 aliphatic carbocycles. The summed E-state index contributed by atoms with van der Waals surface area (Å²) in [5, 5.41) is 11.8. The number of nitrogen functional groups attached to an aromatic ring is 2. The number of hydrogen-bond acceptors (Lipinski definition) is 19. The van der Waals surface area contributed by atoms with Crippen LogP contribution in [0.3, 0.4) is 0 Å². The van der Waals surface area contributed by atoms with E-state index in [2.05, 4.69) is 29.9 Å². The first-order valence-electron chi connectivity index (χ1n) is 14.8. The number of aromatic nitrogens is 8. The van der Waals surface area contributed by atoms with Crippen molar-refractivity contribution in [3.8, 4) is 0 Å². The molecule has 0 amide bonds. The molecule has 49 heavy (non-hydrogen) atoms. The number of nitrogens with two attached hydrogens (primary N) is 2. The van der Waals surface area contributed by atoms with Crippen molar-refractivity contribution in [2.75, 3.05) is 45.2 Å². The van der Waals surface area contributed by atoms with Gasteiger partial charge in [-0.3, -0.25) is 37.0 Å². The predicted octanol–water partition coefficient (Wildman–Crippen LogP) is 1.39. The molecule has 2 bridgehead atoms. The van der Waals surface area contributed by atoms with Crippen LogP contribution in [-0.4, -0.2) is 108 Å². The summed E-state index contributed by atoms with van der Waals surface area (Å²) >= 11 is 0.818. The van der Waals surface area contributed by atoms with Gasteiger partial charge in [0.25, 0.3) is 5.56 Å². The number of rotatable bonds is 5. The van der Waals surface area contributed by atoms with E-state index in [1.54, 1.807) is 11.5 Å². The van der Waals surface area contributed by atoms with Gasteiger partial charge in [0.15, 0.2) is 28.9 Å². The number of aromatic amines is 1. The third-order valence-corrected chi connectivity index (χ3v) is 13.7. The van der Waals surface area contributed by atoms with Crippen molar-refractivity contribution in [2.24, 2.45) is 5.41 Å². The zero-order chi connectivity index (χ0) is 34.9. The van der Waals surface area contributed by atoms with Gasteiger partial charge in [-0.05, 0) is 24.1 Å². The van der Waals surface area contributed by atoms with E-state index >= 15 is 0 Å². The van der Waals surface area contributed by atoms with Crippen LogP contribution in [0.4, 0.5) is 11.8 Å². The lowest BCUT2D eigenvalue weighted by Gasteiger charge is -2.34. The first-order valence-corrected chi connectivity index (χ1v) is 19.6. The normalized spacial score (nSPS) is 37.1. The first kappa shape index (κ1) is 34.4. The van der Waals surface area contributed by atoms with Crippen molar-refractivity contribution in [1.82, 2.24) is 39.0 Å². The average molecular weight is 745 g/mol. The molecule has 3 aliphatic rings. The third-order valence-electron chi connectivity index (χ3n) is 8.98. The van der Waals surface area contributed by atoms with Crippen LogP contribution >= 0.6 is 26.0 Å². The molecule has 7 rings (SSSR count). The summed E-state index contributed by atoms with van der Waals surface area (Å²) < 4.78 is 73.0. The Morgan fingerprint density at radius 3 is 2.57 bits per heavy atom. The van der Waals surface area contributed by atoms with E-state index in [1.807, 2.05) is 0 Å². The number of ether oxygens (including phenoxy) is 2. The number of methoxy groups -OCH3 is 1. The van der Waals surface area contributed by atoms with E-state index < -0.39 is 68.4 Å². The molecule has 0 spiro atoms. The zero-order valence-electron chi connectivity index (χ0n) is 26.5. The van der Waals surface area contributed by atoms with Gasteiger partial charge in [0, 0.05) is 19.6 Å². The van der Waals surface area contributed by atoms with Gasteiger partial charge in [-0.25, -0.2) is 29.1 Å². The highest BCUT2D eigenvalue weighted by Gasteiger charge is 2.58. The largest absolute Gasteiger partial charge is 0.475 e. The minimum Gasteiger partial charge on any atom is -0.388 e. The molecule has 0 aromatic carbocycles. The molecule has 2 saturated heterocycles. The summed E-state index contributed by atoms with van der Waals surface area (Å²) in [5.74, 6) is -0.0224. The van der Waals surface area contributed by atoms with Crippen LogP contribution in [0.25, 0.3) is 22.3 Å². The Labute approximate surface area is 281 Å². The Hall–Kier alpha value is -3.01. The fourth-order valence-electron chi connectivity index (χ4n) is 6.56. The van der Waals surface area contributed by atoms with Gasteiger partial charge in [-0.2, -0.15) is 4.98 Å². The molecule has 0 unspecified atom stereocenters. The van der Waals surface area contributed by atoms with E-state index in [0.29, 0.717) is 11.2 Å². The van der Waals surface area contributed by atoms with E-state index in [4.69, 9.17) is 43.6 Å². The Balaban J connectivity index is 1.28. The molecule has 266 valence electrons. The van der Waals surface area contributed by atoms with E-state index in [0.717, 1.165) is 18.5 Å². The molecule has 6 heterocycles. The van der Waals surface area contributed by atoms with Gasteiger partial charge in [0.2, 0.25) is 5.95 Å². The van der Waals surface area contributed by atoms with E-state index in [1.165, 1.54) is 36.9 Å². The highest BCUT2D eigenvalue weighted by molar-refractivity contribution is 8.54. The molecule has 4 aromatic rings. The number of phosphoric ester groups is 1. The highest BCUT2D eigenvalue weighted by atomic mass is 32.7. The molecule has 3 fully saturated rings. The predicted molar refractivity (Wildman–Crippen MR) is 172 cm³/mol. The number of anilines is 2. The molecule has 4 aromatic heterocycles. The highest BCUT2D eigenvalue weighted by Crippen LogP contribution is 2.65. The number of nitrogens with zero attached hydrogens (tertiary/aromatic N) is 7.